The zero-order valence-corrected chi connectivity index (χ0v) is 13.5. The minimum absolute atomic E-state index is 0.0720. The molecule has 0 N–H and O–H groups in total. The number of carbonyl (C=O) groups is 1. The Morgan fingerprint density at radius 3 is 2.41 bits per heavy atom. The van der Waals surface area contributed by atoms with Gasteiger partial charge >= 0.3 is 0 Å². The predicted molar refractivity (Wildman–Crippen MR) is 79.4 cm³/mol. The van der Waals surface area contributed by atoms with Crippen LogP contribution in [0.25, 0.3) is 0 Å². The first-order valence-corrected chi connectivity index (χ1v) is 8.02. The number of hydrogen-bond acceptors (Lipinski definition) is 5. The average molecular weight is 308 g/mol. The lowest BCUT2D eigenvalue weighted by molar-refractivity contribution is -0.138. The van der Waals surface area contributed by atoms with E-state index in [9.17, 15) is 4.79 Å². The molecule has 3 heterocycles. The number of amides is 1. The SMILES string of the molecule is Cc1noc(C)c1C(C)C(=O)N1CCC(C2OCCO2)CC1. The van der Waals surface area contributed by atoms with Gasteiger partial charge in [-0.25, -0.2) is 0 Å². The summed E-state index contributed by atoms with van der Waals surface area (Å²) in [7, 11) is 0. The van der Waals surface area contributed by atoms with Crippen LogP contribution in [0.4, 0.5) is 0 Å². The van der Waals surface area contributed by atoms with E-state index in [4.69, 9.17) is 14.0 Å². The van der Waals surface area contributed by atoms with Crippen molar-refractivity contribution in [1.82, 2.24) is 10.1 Å². The summed E-state index contributed by atoms with van der Waals surface area (Å²) in [5.41, 5.74) is 1.73. The van der Waals surface area contributed by atoms with Gasteiger partial charge in [0, 0.05) is 24.6 Å². The van der Waals surface area contributed by atoms with Crippen LogP contribution in [0, 0.1) is 19.8 Å². The van der Waals surface area contributed by atoms with Crippen molar-refractivity contribution < 1.29 is 18.8 Å². The molecule has 122 valence electrons. The number of rotatable bonds is 3. The lowest BCUT2D eigenvalue weighted by Gasteiger charge is -2.35. The maximum atomic E-state index is 12.7. The fourth-order valence-corrected chi connectivity index (χ4v) is 3.55. The smallest absolute Gasteiger partial charge is 0.230 e. The van der Waals surface area contributed by atoms with E-state index in [1.165, 1.54) is 0 Å². The first-order chi connectivity index (χ1) is 10.6. The Kier molecular flexibility index (Phi) is 4.49. The highest BCUT2D eigenvalue weighted by molar-refractivity contribution is 5.83. The summed E-state index contributed by atoms with van der Waals surface area (Å²) < 4.78 is 16.3. The molecule has 0 aromatic carbocycles. The van der Waals surface area contributed by atoms with Crippen LogP contribution in [0.5, 0.6) is 0 Å². The first-order valence-electron chi connectivity index (χ1n) is 8.02. The van der Waals surface area contributed by atoms with Gasteiger partial charge in [-0.1, -0.05) is 5.16 Å². The standard InChI is InChI=1S/C16H24N2O4/c1-10(14-11(2)17-22-12(14)3)15(19)18-6-4-13(5-7-18)16-20-8-9-21-16/h10,13,16H,4-9H2,1-3H3. The second-order valence-electron chi connectivity index (χ2n) is 6.23. The largest absolute Gasteiger partial charge is 0.361 e. The molecule has 6 nitrogen and oxygen atoms in total. The van der Waals surface area contributed by atoms with Crippen LogP contribution in [-0.4, -0.2) is 48.6 Å². The van der Waals surface area contributed by atoms with E-state index in [1.54, 1.807) is 0 Å². The van der Waals surface area contributed by atoms with Gasteiger partial charge in [0.15, 0.2) is 6.29 Å². The number of ether oxygens (including phenoxy) is 2. The average Bonchev–Trinajstić information content (AvgIpc) is 3.17. The van der Waals surface area contributed by atoms with Gasteiger partial charge in [-0.3, -0.25) is 4.79 Å². The second kappa shape index (κ2) is 6.38. The number of piperidine rings is 1. The quantitative estimate of drug-likeness (QED) is 0.854. The van der Waals surface area contributed by atoms with Crippen LogP contribution in [-0.2, 0) is 14.3 Å². The third-order valence-electron chi connectivity index (χ3n) is 4.78. The first kappa shape index (κ1) is 15.5. The third-order valence-corrected chi connectivity index (χ3v) is 4.78. The Bertz CT molecular complexity index is 509. The zero-order chi connectivity index (χ0) is 15.7. The van der Waals surface area contributed by atoms with Gasteiger partial charge in [0.1, 0.15) is 5.76 Å². The van der Waals surface area contributed by atoms with Crippen LogP contribution in [0.3, 0.4) is 0 Å². The Hall–Kier alpha value is -1.40. The Morgan fingerprint density at radius 2 is 1.86 bits per heavy atom. The minimum atomic E-state index is -0.207. The molecule has 0 spiro atoms. The normalized spacial score (nSPS) is 22.2. The molecule has 2 saturated heterocycles. The van der Waals surface area contributed by atoms with E-state index in [0.717, 1.165) is 42.9 Å². The summed E-state index contributed by atoms with van der Waals surface area (Å²) in [4.78, 5) is 14.7. The van der Waals surface area contributed by atoms with Crippen LogP contribution >= 0.6 is 0 Å². The molecule has 2 fully saturated rings. The molecular weight excluding hydrogens is 284 g/mol. The van der Waals surface area contributed by atoms with E-state index in [2.05, 4.69) is 5.16 Å². The highest BCUT2D eigenvalue weighted by Gasteiger charge is 2.34. The second-order valence-corrected chi connectivity index (χ2v) is 6.23. The number of likely N-dealkylation sites (tertiary alicyclic amines) is 1. The molecule has 22 heavy (non-hydrogen) atoms. The topological polar surface area (TPSA) is 64.8 Å². The number of aryl methyl sites for hydroxylation is 2. The van der Waals surface area contributed by atoms with Gasteiger partial charge in [-0.2, -0.15) is 0 Å². The molecule has 6 heteroatoms. The Balaban J connectivity index is 1.59. The molecule has 2 aliphatic heterocycles. The molecule has 0 radical (unpaired) electrons. The molecular formula is C16H24N2O4. The molecule has 1 atom stereocenters. The molecule has 1 amide bonds. The van der Waals surface area contributed by atoms with Crippen LogP contribution in [0.15, 0.2) is 4.52 Å². The van der Waals surface area contributed by atoms with Crippen LogP contribution < -0.4 is 0 Å². The van der Waals surface area contributed by atoms with Crippen molar-refractivity contribution in [2.75, 3.05) is 26.3 Å². The van der Waals surface area contributed by atoms with Gasteiger partial charge in [0.2, 0.25) is 5.91 Å². The Morgan fingerprint density at radius 1 is 1.23 bits per heavy atom. The predicted octanol–water partition coefficient (Wildman–Crippen LogP) is 2.01. The summed E-state index contributed by atoms with van der Waals surface area (Å²) in [6, 6.07) is 0. The van der Waals surface area contributed by atoms with Crippen molar-refractivity contribution in [3.8, 4) is 0 Å². The number of nitrogens with zero attached hydrogens (tertiary/aromatic N) is 2. The molecule has 0 bridgehead atoms. The van der Waals surface area contributed by atoms with Gasteiger partial charge in [-0.05, 0) is 33.6 Å². The maximum absolute atomic E-state index is 12.7. The van der Waals surface area contributed by atoms with Crippen molar-refractivity contribution in [1.29, 1.82) is 0 Å². The number of hydrogen-bond donors (Lipinski definition) is 0. The minimum Gasteiger partial charge on any atom is -0.361 e. The summed E-state index contributed by atoms with van der Waals surface area (Å²) in [6.07, 6.45) is 1.80. The molecule has 1 unspecified atom stereocenters. The van der Waals surface area contributed by atoms with Crippen molar-refractivity contribution in [2.45, 2.75) is 45.8 Å². The third kappa shape index (κ3) is 2.90. The van der Waals surface area contributed by atoms with E-state index >= 15 is 0 Å². The number of aromatic nitrogens is 1. The molecule has 3 rings (SSSR count). The molecule has 0 saturated carbocycles. The van der Waals surface area contributed by atoms with E-state index in [0.29, 0.717) is 19.1 Å². The lowest BCUT2D eigenvalue weighted by Crippen LogP contribution is -2.43. The van der Waals surface area contributed by atoms with Crippen LogP contribution in [0.2, 0.25) is 0 Å². The highest BCUT2D eigenvalue weighted by Crippen LogP contribution is 2.29. The van der Waals surface area contributed by atoms with Crippen molar-refractivity contribution in [3.63, 3.8) is 0 Å². The molecule has 1 aromatic rings. The fraction of sp³-hybridized carbons (Fsp3) is 0.750. The summed E-state index contributed by atoms with van der Waals surface area (Å²) in [5, 5.41) is 3.95. The highest BCUT2D eigenvalue weighted by atomic mass is 16.7. The zero-order valence-electron chi connectivity index (χ0n) is 13.5. The summed E-state index contributed by atoms with van der Waals surface area (Å²) >= 11 is 0. The van der Waals surface area contributed by atoms with E-state index in [1.807, 2.05) is 25.7 Å². The van der Waals surface area contributed by atoms with Gasteiger partial charge in [0.25, 0.3) is 0 Å². The van der Waals surface area contributed by atoms with Crippen LogP contribution in [0.1, 0.15) is 42.7 Å². The lowest BCUT2D eigenvalue weighted by atomic mass is 9.93. The molecule has 2 aliphatic rings. The molecule has 0 aliphatic carbocycles. The van der Waals surface area contributed by atoms with Gasteiger partial charge in [-0.15, -0.1) is 0 Å². The monoisotopic (exact) mass is 308 g/mol. The summed E-state index contributed by atoms with van der Waals surface area (Å²) in [5.74, 6) is 1.09. The maximum Gasteiger partial charge on any atom is 0.230 e. The van der Waals surface area contributed by atoms with Crippen molar-refractivity contribution >= 4 is 5.91 Å². The van der Waals surface area contributed by atoms with Gasteiger partial charge < -0.3 is 18.9 Å². The number of carbonyl (C=O) groups excluding carboxylic acids is 1. The molecule has 1 aromatic heterocycles. The van der Waals surface area contributed by atoms with Crippen molar-refractivity contribution in [2.24, 2.45) is 5.92 Å². The fourth-order valence-electron chi connectivity index (χ4n) is 3.55. The van der Waals surface area contributed by atoms with Crippen molar-refractivity contribution in [3.05, 3.63) is 17.0 Å². The Labute approximate surface area is 130 Å². The van der Waals surface area contributed by atoms with E-state index in [-0.39, 0.29) is 18.1 Å². The van der Waals surface area contributed by atoms with Gasteiger partial charge in [0.05, 0.1) is 24.8 Å². The van der Waals surface area contributed by atoms with E-state index < -0.39 is 0 Å². The summed E-state index contributed by atoms with van der Waals surface area (Å²) in [6.45, 7) is 8.58.